The van der Waals surface area contributed by atoms with Crippen LogP contribution in [-0.4, -0.2) is 14.3 Å². The number of imidazole rings is 1. The fraction of sp³-hybridized carbons (Fsp3) is 0. The zero-order chi connectivity index (χ0) is 9.42. The van der Waals surface area contributed by atoms with Gasteiger partial charge >= 0.3 is 5.69 Å². The number of hydrogen-bond donors (Lipinski definition) is 0. The topological polar surface area (TPSA) is 60.4 Å². The Balaban J connectivity index is 2.84. The van der Waals surface area contributed by atoms with Crippen LogP contribution in [0.1, 0.15) is 0 Å². The van der Waals surface area contributed by atoms with Crippen molar-refractivity contribution >= 4 is 27.3 Å². The first kappa shape index (κ1) is 8.18. The molecule has 0 saturated carbocycles. The van der Waals surface area contributed by atoms with Gasteiger partial charge in [-0.15, -0.1) is 0 Å². The summed E-state index contributed by atoms with van der Waals surface area (Å²) in [5.41, 5.74) is 0.354. The second-order valence-electron chi connectivity index (χ2n) is 2.46. The van der Waals surface area contributed by atoms with Crippen LogP contribution >= 0.6 is 15.9 Å². The third kappa shape index (κ3) is 1.29. The Labute approximate surface area is 81.3 Å². The highest BCUT2D eigenvalue weighted by molar-refractivity contribution is 9.10. The Morgan fingerprint density at radius 1 is 1.62 bits per heavy atom. The Bertz CT molecular complexity index is 480. The summed E-state index contributed by atoms with van der Waals surface area (Å²) in [4.78, 5) is 14.0. The zero-order valence-electron chi connectivity index (χ0n) is 6.35. The molecule has 5 nitrogen and oxygen atoms in total. The molecular weight excluding hydrogens is 238 g/mol. The largest absolute Gasteiger partial charge is 0.313 e. The van der Waals surface area contributed by atoms with E-state index in [0.717, 1.165) is 0 Å². The number of aromatic nitrogens is 2. The number of fused-ring (bicyclic) bond motifs is 1. The van der Waals surface area contributed by atoms with Crippen LogP contribution in [0.15, 0.2) is 29.1 Å². The van der Waals surface area contributed by atoms with Crippen LogP contribution in [-0.2, 0) is 0 Å². The van der Waals surface area contributed by atoms with E-state index in [9.17, 15) is 10.1 Å². The quantitative estimate of drug-likeness (QED) is 0.567. The number of rotatable bonds is 1. The molecule has 0 spiro atoms. The maximum Gasteiger partial charge on any atom is 0.313 e. The summed E-state index contributed by atoms with van der Waals surface area (Å²) in [5, 5.41) is 10.6. The first-order valence-corrected chi connectivity index (χ1v) is 4.24. The van der Waals surface area contributed by atoms with Crippen molar-refractivity contribution in [3.8, 4) is 0 Å². The van der Waals surface area contributed by atoms with Crippen LogP contribution in [0.3, 0.4) is 0 Å². The van der Waals surface area contributed by atoms with E-state index in [1.165, 1.54) is 12.3 Å². The predicted octanol–water partition coefficient (Wildman–Crippen LogP) is 2.00. The molecule has 6 heteroatoms. The van der Waals surface area contributed by atoms with Crippen LogP contribution in [0.2, 0.25) is 0 Å². The second kappa shape index (κ2) is 2.81. The first-order chi connectivity index (χ1) is 6.18. The monoisotopic (exact) mass is 241 g/mol. The highest BCUT2D eigenvalue weighted by Crippen LogP contribution is 2.22. The first-order valence-electron chi connectivity index (χ1n) is 3.45. The zero-order valence-corrected chi connectivity index (χ0v) is 7.93. The average Bonchev–Trinajstić information content (AvgIpc) is 2.49. The lowest BCUT2D eigenvalue weighted by molar-refractivity contribution is -0.383. The van der Waals surface area contributed by atoms with Gasteiger partial charge in [-0.05, 0) is 15.9 Å². The van der Waals surface area contributed by atoms with Gasteiger partial charge in [0.05, 0.1) is 4.92 Å². The number of pyridine rings is 1. The molecule has 0 amide bonds. The van der Waals surface area contributed by atoms with Gasteiger partial charge in [0.2, 0.25) is 5.65 Å². The molecule has 2 rings (SSSR count). The van der Waals surface area contributed by atoms with Gasteiger partial charge in [0.15, 0.2) is 0 Å². The number of hydrogen-bond acceptors (Lipinski definition) is 3. The maximum atomic E-state index is 10.6. The van der Waals surface area contributed by atoms with Crippen LogP contribution in [0.4, 0.5) is 5.69 Å². The van der Waals surface area contributed by atoms with Crippen LogP contribution < -0.4 is 0 Å². The Hall–Kier alpha value is -1.43. The predicted molar refractivity (Wildman–Crippen MR) is 49.5 cm³/mol. The fourth-order valence-electron chi connectivity index (χ4n) is 1.12. The number of halogens is 1. The van der Waals surface area contributed by atoms with Crippen molar-refractivity contribution in [2.24, 2.45) is 0 Å². The van der Waals surface area contributed by atoms with E-state index >= 15 is 0 Å². The van der Waals surface area contributed by atoms with Crippen molar-refractivity contribution in [1.29, 1.82) is 0 Å². The summed E-state index contributed by atoms with van der Waals surface area (Å²) in [7, 11) is 0. The lowest BCUT2D eigenvalue weighted by Crippen LogP contribution is -1.93. The van der Waals surface area contributed by atoms with Gasteiger partial charge < -0.3 is 4.40 Å². The molecule has 0 aliphatic heterocycles. The minimum absolute atomic E-state index is 0.000579. The van der Waals surface area contributed by atoms with Crippen molar-refractivity contribution in [2.75, 3.05) is 0 Å². The summed E-state index contributed by atoms with van der Waals surface area (Å²) in [5.74, 6) is 0. The highest BCUT2D eigenvalue weighted by Gasteiger charge is 2.13. The molecule has 66 valence electrons. The fourth-order valence-corrected chi connectivity index (χ4v) is 1.55. The van der Waals surface area contributed by atoms with E-state index in [0.29, 0.717) is 10.1 Å². The van der Waals surface area contributed by atoms with Crippen LogP contribution in [0.25, 0.3) is 5.65 Å². The van der Waals surface area contributed by atoms with Crippen molar-refractivity contribution in [3.05, 3.63) is 39.2 Å². The van der Waals surface area contributed by atoms with Crippen molar-refractivity contribution < 1.29 is 4.92 Å². The molecule has 0 atom stereocenters. The molecule has 0 saturated heterocycles. The van der Waals surface area contributed by atoms with Crippen LogP contribution in [0, 0.1) is 10.1 Å². The molecule has 2 aromatic rings. The van der Waals surface area contributed by atoms with E-state index < -0.39 is 4.92 Å². The Morgan fingerprint density at radius 3 is 3.08 bits per heavy atom. The van der Waals surface area contributed by atoms with E-state index in [1.807, 2.05) is 0 Å². The summed E-state index contributed by atoms with van der Waals surface area (Å²) in [6, 6.07) is 1.43. The van der Waals surface area contributed by atoms with E-state index in [4.69, 9.17) is 0 Å². The number of nitrogens with zero attached hydrogens (tertiary/aromatic N) is 3. The minimum atomic E-state index is -0.451. The van der Waals surface area contributed by atoms with Gasteiger partial charge in [-0.1, -0.05) is 0 Å². The third-order valence-corrected chi connectivity index (χ3v) is 2.07. The van der Waals surface area contributed by atoms with E-state index in [2.05, 4.69) is 20.9 Å². The summed E-state index contributed by atoms with van der Waals surface area (Å²) < 4.78 is 2.26. The van der Waals surface area contributed by atoms with E-state index in [1.54, 1.807) is 16.8 Å². The van der Waals surface area contributed by atoms with Gasteiger partial charge in [0.25, 0.3) is 0 Å². The smallest absolute Gasteiger partial charge is 0.300 e. The molecule has 2 aromatic heterocycles. The summed E-state index contributed by atoms with van der Waals surface area (Å²) >= 11 is 3.18. The maximum absolute atomic E-state index is 10.6. The lowest BCUT2D eigenvalue weighted by atomic mass is 10.4. The van der Waals surface area contributed by atoms with Gasteiger partial charge in [-0.3, -0.25) is 10.1 Å². The standard InChI is InChI=1S/C7H4BrN3O2/c8-5-3-6(11(12)13)7-9-1-2-10(7)4-5/h1-4H. The molecular formula is C7H4BrN3O2. The molecule has 0 aromatic carbocycles. The second-order valence-corrected chi connectivity index (χ2v) is 3.37. The summed E-state index contributed by atoms with van der Waals surface area (Å²) in [6.45, 7) is 0. The minimum Gasteiger partial charge on any atom is -0.300 e. The third-order valence-electron chi connectivity index (χ3n) is 1.63. The molecule has 2 heterocycles. The molecule has 0 radical (unpaired) electrons. The van der Waals surface area contributed by atoms with Gasteiger partial charge in [-0.2, -0.15) is 0 Å². The molecule has 0 bridgehead atoms. The summed E-state index contributed by atoms with van der Waals surface area (Å²) in [6.07, 6.45) is 4.90. The van der Waals surface area contributed by atoms with Gasteiger partial charge in [0, 0.05) is 29.1 Å². The van der Waals surface area contributed by atoms with Gasteiger partial charge in [-0.25, -0.2) is 4.98 Å². The Kier molecular flexibility index (Phi) is 1.77. The highest BCUT2D eigenvalue weighted by atomic mass is 79.9. The van der Waals surface area contributed by atoms with E-state index in [-0.39, 0.29) is 5.69 Å². The molecule has 0 aliphatic carbocycles. The van der Waals surface area contributed by atoms with Crippen molar-refractivity contribution in [1.82, 2.24) is 9.38 Å². The van der Waals surface area contributed by atoms with Crippen LogP contribution in [0.5, 0.6) is 0 Å². The molecule has 0 aliphatic rings. The molecule has 0 fully saturated rings. The lowest BCUT2D eigenvalue weighted by Gasteiger charge is -1.96. The molecule has 0 N–H and O–H groups in total. The van der Waals surface area contributed by atoms with Crippen molar-refractivity contribution in [2.45, 2.75) is 0 Å². The SMILES string of the molecule is O=[N+]([O-])c1cc(Br)cn2ccnc12. The Morgan fingerprint density at radius 2 is 2.38 bits per heavy atom. The molecule has 13 heavy (non-hydrogen) atoms. The van der Waals surface area contributed by atoms with Gasteiger partial charge in [0.1, 0.15) is 0 Å². The molecule has 0 unspecified atom stereocenters. The van der Waals surface area contributed by atoms with Crippen molar-refractivity contribution in [3.63, 3.8) is 0 Å². The average molecular weight is 242 g/mol. The normalized spacial score (nSPS) is 10.5. The number of nitro groups is 1.